The molecule has 0 bridgehead atoms. The van der Waals surface area contributed by atoms with Gasteiger partial charge in [-0.25, -0.2) is 0 Å². The summed E-state index contributed by atoms with van der Waals surface area (Å²) in [6.07, 6.45) is 7.36. The Balaban J connectivity index is 2.25. The van der Waals surface area contributed by atoms with Crippen LogP contribution in [0, 0.1) is 0 Å². The highest BCUT2D eigenvalue weighted by Crippen LogP contribution is 2.42. The minimum absolute atomic E-state index is 0.481. The first-order valence-corrected chi connectivity index (χ1v) is 7.54. The number of halogens is 1. The molecule has 18 heavy (non-hydrogen) atoms. The molecule has 0 aromatic carbocycles. The molecule has 2 rings (SSSR count). The van der Waals surface area contributed by atoms with Crippen LogP contribution in [0.3, 0.4) is 0 Å². The molecule has 1 unspecified atom stereocenters. The Kier molecular flexibility index (Phi) is 4.87. The molecule has 1 N–H and O–H groups in total. The van der Waals surface area contributed by atoms with Crippen LogP contribution in [0.4, 0.5) is 0 Å². The average molecular weight is 317 g/mol. The van der Waals surface area contributed by atoms with Crippen molar-refractivity contribution in [2.24, 2.45) is 0 Å². The molecule has 4 heteroatoms. The number of aliphatic hydroxyl groups excluding tert-OH is 1. The average Bonchev–Trinajstić information content (AvgIpc) is 2.64. The Morgan fingerprint density at radius 3 is 2.56 bits per heavy atom. The van der Waals surface area contributed by atoms with Crippen molar-refractivity contribution in [3.63, 3.8) is 0 Å². The van der Waals surface area contributed by atoms with Crippen molar-refractivity contribution in [2.75, 3.05) is 6.61 Å². The monoisotopic (exact) mass is 316 g/mol. The first kappa shape index (κ1) is 14.1. The second kappa shape index (κ2) is 6.22. The molecule has 0 saturated heterocycles. The lowest BCUT2D eigenvalue weighted by molar-refractivity contribution is -0.137. The van der Waals surface area contributed by atoms with E-state index in [4.69, 9.17) is 9.15 Å². The van der Waals surface area contributed by atoms with Gasteiger partial charge in [0.15, 0.2) is 0 Å². The van der Waals surface area contributed by atoms with Gasteiger partial charge in [-0.05, 0) is 41.8 Å². The fraction of sp³-hybridized carbons (Fsp3) is 0.714. The Hall–Kier alpha value is -0.320. The fourth-order valence-corrected chi connectivity index (χ4v) is 3.27. The first-order valence-electron chi connectivity index (χ1n) is 6.74. The van der Waals surface area contributed by atoms with Crippen LogP contribution in [-0.2, 0) is 4.74 Å². The molecule has 1 aromatic rings. The summed E-state index contributed by atoms with van der Waals surface area (Å²) in [5.74, 6) is 0.588. The van der Waals surface area contributed by atoms with Crippen LogP contribution in [0.25, 0.3) is 0 Å². The van der Waals surface area contributed by atoms with Gasteiger partial charge in [0.05, 0.1) is 10.7 Å². The summed E-state index contributed by atoms with van der Waals surface area (Å²) in [5, 5.41) is 10.7. The molecule has 1 atom stereocenters. The van der Waals surface area contributed by atoms with Gasteiger partial charge in [-0.1, -0.05) is 25.7 Å². The van der Waals surface area contributed by atoms with Crippen LogP contribution in [0.15, 0.2) is 21.2 Å². The van der Waals surface area contributed by atoms with E-state index in [-0.39, 0.29) is 0 Å². The largest absolute Gasteiger partial charge is 0.465 e. The van der Waals surface area contributed by atoms with Crippen molar-refractivity contribution in [3.05, 3.63) is 22.6 Å². The molecule has 1 aromatic heterocycles. The highest BCUT2D eigenvalue weighted by Gasteiger charge is 2.42. The Labute approximate surface area is 117 Å². The summed E-state index contributed by atoms with van der Waals surface area (Å²) in [7, 11) is 0. The van der Waals surface area contributed by atoms with E-state index in [1.165, 1.54) is 12.8 Å². The third-order valence-electron chi connectivity index (χ3n) is 3.77. The lowest BCUT2D eigenvalue weighted by atomic mass is 9.86. The summed E-state index contributed by atoms with van der Waals surface area (Å²) >= 11 is 3.42. The molecule has 102 valence electrons. The third kappa shape index (κ3) is 2.81. The molecule has 1 saturated carbocycles. The van der Waals surface area contributed by atoms with Gasteiger partial charge >= 0.3 is 0 Å². The number of ether oxygens (including phenoxy) is 1. The normalized spacial score (nSPS) is 21.5. The third-order valence-corrected chi connectivity index (χ3v) is 4.43. The van der Waals surface area contributed by atoms with Gasteiger partial charge in [0.1, 0.15) is 17.5 Å². The second-order valence-electron chi connectivity index (χ2n) is 4.95. The Morgan fingerprint density at radius 1 is 1.39 bits per heavy atom. The molecule has 3 nitrogen and oxygen atoms in total. The highest BCUT2D eigenvalue weighted by molar-refractivity contribution is 9.10. The van der Waals surface area contributed by atoms with E-state index in [0.29, 0.717) is 12.4 Å². The molecule has 1 heterocycles. The van der Waals surface area contributed by atoms with E-state index in [9.17, 15) is 5.11 Å². The molecule has 0 spiro atoms. The summed E-state index contributed by atoms with van der Waals surface area (Å²) in [5.41, 5.74) is -0.481. The summed E-state index contributed by atoms with van der Waals surface area (Å²) in [4.78, 5) is 0. The van der Waals surface area contributed by atoms with Crippen molar-refractivity contribution >= 4 is 15.9 Å². The summed E-state index contributed by atoms with van der Waals surface area (Å²) in [6.45, 7) is 2.60. The van der Waals surface area contributed by atoms with Crippen molar-refractivity contribution < 1.29 is 14.3 Å². The van der Waals surface area contributed by atoms with Crippen LogP contribution in [0.5, 0.6) is 0 Å². The van der Waals surface area contributed by atoms with Crippen LogP contribution in [0.2, 0.25) is 0 Å². The lowest BCUT2D eigenvalue weighted by Crippen LogP contribution is -2.39. The van der Waals surface area contributed by atoms with Crippen molar-refractivity contribution in [1.82, 2.24) is 0 Å². The van der Waals surface area contributed by atoms with E-state index in [2.05, 4.69) is 15.9 Å². The molecular formula is C14H21BrO3. The van der Waals surface area contributed by atoms with Crippen LogP contribution < -0.4 is 0 Å². The number of aliphatic hydroxyl groups is 1. The maximum atomic E-state index is 10.7. The molecule has 0 amide bonds. The molecule has 1 fully saturated rings. The molecule has 0 aliphatic heterocycles. The standard InChI is InChI=1S/C14H21BrO3/c1-2-18-14(8-5-3-4-6-9-14)13(16)12-11(15)7-10-17-12/h7,10,13,16H,2-6,8-9H2,1H3. The van der Waals surface area contributed by atoms with E-state index in [1.54, 1.807) is 6.26 Å². The Bertz CT molecular complexity index is 367. The zero-order chi connectivity index (χ0) is 13.0. The van der Waals surface area contributed by atoms with E-state index >= 15 is 0 Å². The van der Waals surface area contributed by atoms with Gasteiger partial charge in [0.2, 0.25) is 0 Å². The predicted octanol–water partition coefficient (Wildman–Crippen LogP) is 4.21. The molecular weight excluding hydrogens is 296 g/mol. The smallest absolute Gasteiger partial charge is 0.149 e. The minimum atomic E-state index is -0.695. The quantitative estimate of drug-likeness (QED) is 0.846. The van der Waals surface area contributed by atoms with Gasteiger partial charge in [-0.3, -0.25) is 0 Å². The fourth-order valence-electron chi connectivity index (χ4n) is 2.85. The van der Waals surface area contributed by atoms with E-state index in [0.717, 1.165) is 30.2 Å². The zero-order valence-corrected chi connectivity index (χ0v) is 12.4. The van der Waals surface area contributed by atoms with Crippen molar-refractivity contribution in [2.45, 2.75) is 57.2 Å². The number of rotatable bonds is 4. The van der Waals surface area contributed by atoms with E-state index in [1.807, 2.05) is 13.0 Å². The SMILES string of the molecule is CCOC1(C(O)c2occc2Br)CCCCCC1. The number of furan rings is 1. The topological polar surface area (TPSA) is 42.6 Å². The maximum absolute atomic E-state index is 10.7. The first-order chi connectivity index (χ1) is 8.69. The van der Waals surface area contributed by atoms with Gasteiger partial charge in [0, 0.05) is 6.61 Å². The lowest BCUT2D eigenvalue weighted by Gasteiger charge is -2.36. The van der Waals surface area contributed by atoms with Gasteiger partial charge in [-0.2, -0.15) is 0 Å². The summed E-state index contributed by atoms with van der Waals surface area (Å²) in [6, 6.07) is 1.81. The number of hydrogen-bond donors (Lipinski definition) is 1. The molecule has 1 aliphatic carbocycles. The Morgan fingerprint density at radius 2 is 2.06 bits per heavy atom. The summed E-state index contributed by atoms with van der Waals surface area (Å²) < 4.78 is 12.2. The van der Waals surface area contributed by atoms with Crippen LogP contribution in [-0.4, -0.2) is 17.3 Å². The van der Waals surface area contributed by atoms with E-state index < -0.39 is 11.7 Å². The number of hydrogen-bond acceptors (Lipinski definition) is 3. The van der Waals surface area contributed by atoms with Gasteiger partial charge < -0.3 is 14.3 Å². The highest BCUT2D eigenvalue weighted by atomic mass is 79.9. The van der Waals surface area contributed by atoms with Crippen LogP contribution >= 0.6 is 15.9 Å². The van der Waals surface area contributed by atoms with Gasteiger partial charge in [0.25, 0.3) is 0 Å². The maximum Gasteiger partial charge on any atom is 0.149 e. The van der Waals surface area contributed by atoms with Crippen molar-refractivity contribution in [1.29, 1.82) is 0 Å². The molecule has 0 radical (unpaired) electrons. The molecule has 1 aliphatic rings. The second-order valence-corrected chi connectivity index (χ2v) is 5.80. The van der Waals surface area contributed by atoms with Crippen LogP contribution in [0.1, 0.15) is 57.3 Å². The minimum Gasteiger partial charge on any atom is -0.465 e. The van der Waals surface area contributed by atoms with Gasteiger partial charge in [-0.15, -0.1) is 0 Å². The zero-order valence-electron chi connectivity index (χ0n) is 10.8. The predicted molar refractivity (Wildman–Crippen MR) is 73.4 cm³/mol. The van der Waals surface area contributed by atoms with Crippen molar-refractivity contribution in [3.8, 4) is 0 Å².